The summed E-state index contributed by atoms with van der Waals surface area (Å²) >= 11 is 0. The Morgan fingerprint density at radius 3 is 2.58 bits per heavy atom. The first-order valence-electron chi connectivity index (χ1n) is 10.3. The van der Waals surface area contributed by atoms with Crippen LogP contribution in [0.15, 0.2) is 61.2 Å². The Labute approximate surface area is 183 Å². The van der Waals surface area contributed by atoms with Crippen LogP contribution in [0.2, 0.25) is 0 Å². The molecule has 3 aromatic rings. The van der Waals surface area contributed by atoms with Crippen molar-refractivity contribution < 1.29 is 14.6 Å². The molecule has 7 nitrogen and oxygen atoms in total. The van der Waals surface area contributed by atoms with Gasteiger partial charge in [0.2, 0.25) is 0 Å². The maximum atomic E-state index is 10.5. The summed E-state index contributed by atoms with van der Waals surface area (Å²) in [7, 11) is 3.60. The lowest BCUT2D eigenvalue weighted by molar-refractivity contribution is 0.0644. The van der Waals surface area contributed by atoms with Gasteiger partial charge in [0.25, 0.3) is 0 Å². The number of likely N-dealkylation sites (N-methyl/N-ethyl adjacent to an activating group) is 1. The number of hydrogen-bond donors (Lipinski definition) is 1. The molecule has 0 aliphatic heterocycles. The van der Waals surface area contributed by atoms with Crippen LogP contribution in [0, 0.1) is 0 Å². The van der Waals surface area contributed by atoms with Crippen molar-refractivity contribution in [2.45, 2.75) is 26.0 Å². The number of ether oxygens (including phenoxy) is 2. The topological polar surface area (TPSA) is 72.6 Å². The predicted molar refractivity (Wildman–Crippen MR) is 122 cm³/mol. The van der Waals surface area contributed by atoms with Gasteiger partial charge in [-0.25, -0.2) is 9.67 Å². The zero-order chi connectivity index (χ0) is 22.2. The van der Waals surface area contributed by atoms with E-state index < -0.39 is 6.10 Å². The fourth-order valence-electron chi connectivity index (χ4n) is 3.33. The minimum absolute atomic E-state index is 0.133. The second kappa shape index (κ2) is 10.7. The smallest absolute Gasteiger partial charge is 0.161 e. The molecule has 0 bridgehead atoms. The minimum atomic E-state index is -0.637. The number of nitrogens with zero attached hydrogens (tertiary/aromatic N) is 4. The summed E-state index contributed by atoms with van der Waals surface area (Å²) < 4.78 is 13.0. The Bertz CT molecular complexity index is 971. The third kappa shape index (κ3) is 5.93. The molecule has 3 rings (SSSR count). The molecule has 0 amide bonds. The number of aliphatic hydroxyl groups excluding tert-OH is 1. The lowest BCUT2D eigenvalue weighted by Gasteiger charge is -2.27. The Morgan fingerprint density at radius 1 is 1.16 bits per heavy atom. The van der Waals surface area contributed by atoms with E-state index in [4.69, 9.17) is 9.47 Å². The molecule has 0 saturated heterocycles. The fraction of sp³-hybridized carbons (Fsp3) is 0.333. The molecule has 31 heavy (non-hydrogen) atoms. The van der Waals surface area contributed by atoms with E-state index in [1.54, 1.807) is 18.1 Å². The average Bonchev–Trinajstić information content (AvgIpc) is 3.33. The molecule has 0 radical (unpaired) electrons. The third-order valence-electron chi connectivity index (χ3n) is 5.20. The molecule has 164 valence electrons. The van der Waals surface area contributed by atoms with Crippen LogP contribution in [-0.4, -0.2) is 58.2 Å². The van der Waals surface area contributed by atoms with Crippen LogP contribution in [-0.2, 0) is 0 Å². The van der Waals surface area contributed by atoms with E-state index in [2.05, 4.69) is 34.0 Å². The highest BCUT2D eigenvalue weighted by Crippen LogP contribution is 2.29. The van der Waals surface area contributed by atoms with Crippen molar-refractivity contribution in [1.82, 2.24) is 19.7 Å². The van der Waals surface area contributed by atoms with Crippen molar-refractivity contribution >= 4 is 6.08 Å². The van der Waals surface area contributed by atoms with E-state index >= 15 is 0 Å². The summed E-state index contributed by atoms with van der Waals surface area (Å²) in [5, 5.41) is 14.7. The Kier molecular flexibility index (Phi) is 7.81. The van der Waals surface area contributed by atoms with Crippen molar-refractivity contribution in [1.29, 1.82) is 0 Å². The van der Waals surface area contributed by atoms with Crippen molar-refractivity contribution in [3.8, 4) is 17.2 Å². The lowest BCUT2D eigenvalue weighted by atomic mass is 10.1. The number of rotatable bonds is 10. The van der Waals surface area contributed by atoms with Crippen LogP contribution in [0.4, 0.5) is 0 Å². The van der Waals surface area contributed by atoms with E-state index in [9.17, 15) is 5.11 Å². The first kappa shape index (κ1) is 22.5. The van der Waals surface area contributed by atoms with E-state index in [1.165, 1.54) is 6.33 Å². The van der Waals surface area contributed by atoms with Gasteiger partial charge in [-0.3, -0.25) is 4.90 Å². The molecular formula is C24H30N4O3. The molecule has 1 heterocycles. The molecule has 1 N–H and O–H groups in total. The molecule has 0 spiro atoms. The fourth-order valence-corrected chi connectivity index (χ4v) is 3.33. The lowest BCUT2D eigenvalue weighted by Crippen LogP contribution is -2.34. The number of aromatic nitrogens is 3. The van der Waals surface area contributed by atoms with Gasteiger partial charge in [0, 0.05) is 12.6 Å². The van der Waals surface area contributed by atoms with Crippen LogP contribution in [0.3, 0.4) is 0 Å². The van der Waals surface area contributed by atoms with Crippen LogP contribution >= 0.6 is 0 Å². The van der Waals surface area contributed by atoms with Gasteiger partial charge < -0.3 is 14.6 Å². The Morgan fingerprint density at radius 2 is 1.94 bits per heavy atom. The summed E-state index contributed by atoms with van der Waals surface area (Å²) in [4.78, 5) is 6.07. The first-order valence-corrected chi connectivity index (χ1v) is 10.3. The quantitative estimate of drug-likeness (QED) is 0.537. The van der Waals surface area contributed by atoms with Gasteiger partial charge in [0.15, 0.2) is 11.5 Å². The summed E-state index contributed by atoms with van der Waals surface area (Å²) in [6.45, 7) is 4.74. The molecule has 2 aromatic carbocycles. The Balaban J connectivity index is 1.54. The minimum Gasteiger partial charge on any atom is -0.493 e. The van der Waals surface area contributed by atoms with E-state index in [0.717, 1.165) is 16.8 Å². The molecule has 2 unspecified atom stereocenters. The second-order valence-electron chi connectivity index (χ2n) is 7.42. The number of hydrogen-bond acceptors (Lipinski definition) is 6. The summed E-state index contributed by atoms with van der Waals surface area (Å²) in [6.07, 6.45) is 6.51. The van der Waals surface area contributed by atoms with Gasteiger partial charge in [-0.05, 0) is 56.3 Å². The van der Waals surface area contributed by atoms with Gasteiger partial charge in [0.1, 0.15) is 25.4 Å². The molecule has 0 saturated carbocycles. The van der Waals surface area contributed by atoms with Crippen molar-refractivity contribution in [2.24, 2.45) is 0 Å². The number of allylic oxidation sites excluding steroid dienone is 1. The zero-order valence-electron chi connectivity index (χ0n) is 18.5. The molecular weight excluding hydrogens is 392 g/mol. The first-order chi connectivity index (χ1) is 15.0. The second-order valence-corrected chi connectivity index (χ2v) is 7.42. The highest BCUT2D eigenvalue weighted by molar-refractivity contribution is 5.55. The van der Waals surface area contributed by atoms with Gasteiger partial charge in [-0.1, -0.05) is 30.4 Å². The highest BCUT2D eigenvalue weighted by Gasteiger charge is 2.17. The van der Waals surface area contributed by atoms with Crippen LogP contribution in [0.25, 0.3) is 11.8 Å². The van der Waals surface area contributed by atoms with Gasteiger partial charge in [0.05, 0.1) is 12.8 Å². The van der Waals surface area contributed by atoms with Gasteiger partial charge in [-0.15, -0.1) is 0 Å². The normalized spacial score (nSPS) is 13.5. The Hall–Kier alpha value is -3.16. The highest BCUT2D eigenvalue weighted by atomic mass is 16.5. The average molecular weight is 423 g/mol. The summed E-state index contributed by atoms with van der Waals surface area (Å²) in [5.74, 6) is 1.27. The number of benzene rings is 2. The SMILES string of the molecule is C/C=C/c1ccc(OCC(O)CN(C)C(C)c2ccc(-n3cncn3)cc2)c(OC)c1. The summed E-state index contributed by atoms with van der Waals surface area (Å²) in [6, 6.07) is 14.0. The van der Waals surface area contributed by atoms with Crippen LogP contribution in [0.1, 0.15) is 31.0 Å². The van der Waals surface area contributed by atoms with E-state index in [0.29, 0.717) is 18.0 Å². The molecule has 2 atom stereocenters. The van der Waals surface area contributed by atoms with Crippen LogP contribution in [0.5, 0.6) is 11.5 Å². The van der Waals surface area contributed by atoms with Crippen LogP contribution < -0.4 is 9.47 Å². The largest absolute Gasteiger partial charge is 0.493 e. The van der Waals surface area contributed by atoms with Gasteiger partial charge >= 0.3 is 0 Å². The summed E-state index contributed by atoms with van der Waals surface area (Å²) in [5.41, 5.74) is 3.15. The standard InChI is InChI=1S/C24H30N4O3/c1-5-6-19-7-12-23(24(13-19)30-4)31-15-22(29)14-27(3)18(2)20-8-10-21(11-9-20)28-17-25-16-26-28/h5-13,16-18,22,29H,14-15H2,1-4H3/b6-5+. The number of aliphatic hydroxyl groups is 1. The predicted octanol–water partition coefficient (Wildman–Crippen LogP) is 3.74. The molecule has 0 fully saturated rings. The number of methoxy groups -OCH3 is 1. The molecule has 1 aromatic heterocycles. The van der Waals surface area contributed by atoms with Gasteiger partial charge in [-0.2, -0.15) is 5.10 Å². The van der Waals surface area contributed by atoms with Crippen molar-refractivity contribution in [3.63, 3.8) is 0 Å². The van der Waals surface area contributed by atoms with Crippen molar-refractivity contribution in [2.75, 3.05) is 27.3 Å². The third-order valence-corrected chi connectivity index (χ3v) is 5.20. The van der Waals surface area contributed by atoms with E-state index in [1.807, 2.05) is 56.5 Å². The molecule has 0 aliphatic rings. The van der Waals surface area contributed by atoms with E-state index in [-0.39, 0.29) is 12.6 Å². The molecule has 0 aliphatic carbocycles. The monoisotopic (exact) mass is 422 g/mol. The maximum absolute atomic E-state index is 10.5. The van der Waals surface area contributed by atoms with Crippen molar-refractivity contribution in [3.05, 3.63) is 72.3 Å². The zero-order valence-corrected chi connectivity index (χ0v) is 18.5. The maximum Gasteiger partial charge on any atom is 0.161 e. The molecule has 7 heteroatoms.